The first-order valence-corrected chi connectivity index (χ1v) is 14.9. The molecule has 5 aliphatic carbocycles. The number of carbonyl (C=O) groups is 1. The van der Waals surface area contributed by atoms with Crippen LogP contribution in [0.3, 0.4) is 0 Å². The van der Waals surface area contributed by atoms with Crippen LogP contribution in [-0.2, 0) is 14.6 Å². The second-order valence-electron chi connectivity index (χ2n) is 11.8. The van der Waals surface area contributed by atoms with Gasteiger partial charge in [0.2, 0.25) is 0 Å². The number of aliphatic hydroxyl groups is 1. The molecule has 4 atom stereocenters. The van der Waals surface area contributed by atoms with E-state index in [2.05, 4.69) is 0 Å². The number of sulfone groups is 1. The first-order valence-electron chi connectivity index (χ1n) is 13.4. The Morgan fingerprint density at radius 2 is 1.70 bits per heavy atom. The van der Waals surface area contributed by atoms with Crippen LogP contribution in [0.5, 0.6) is 0 Å². The largest absolute Gasteiger partial charge is 0.382 e. The molecule has 0 amide bonds. The third-order valence-electron chi connectivity index (χ3n) is 10.2. The predicted molar refractivity (Wildman–Crippen MR) is 136 cm³/mol. The maximum Gasteiger partial charge on any atom is 0.336 e. The molecule has 6 rings (SSSR count). The lowest BCUT2D eigenvalue weighted by atomic mass is 9.54. The molecule has 0 heterocycles. The molecule has 3 saturated carbocycles. The van der Waals surface area contributed by atoms with Crippen LogP contribution in [0.1, 0.15) is 76.7 Å². The Hall–Kier alpha value is -2.30. The van der Waals surface area contributed by atoms with Crippen molar-refractivity contribution >= 4 is 21.2 Å². The Balaban J connectivity index is 1.37. The number of alkyl halides is 2. The minimum Gasteiger partial charge on any atom is -0.382 e. The van der Waals surface area contributed by atoms with Crippen molar-refractivity contribution in [1.82, 2.24) is 0 Å². The van der Waals surface area contributed by atoms with Crippen molar-refractivity contribution in [3.63, 3.8) is 0 Å². The number of hydrogen-bond acceptors (Lipinski definition) is 4. The standard InChI is InChI=1S/C30H32F2O4S/c1-3-30(31,32)29(34)17-15-25-23-10-11-24-21(22(23)14-16-28(25,29)2)12-13-26(33)27(24)18-4-6-19(7-5-18)37(35,36)20-8-9-20/h1,4-7,20,23,25,34H,8-17H2,2H3/t23-,25+,28+,29+/m1/s1. The molecule has 0 aliphatic heterocycles. The van der Waals surface area contributed by atoms with Gasteiger partial charge in [0.1, 0.15) is 5.60 Å². The predicted octanol–water partition coefficient (Wildman–Crippen LogP) is 5.66. The van der Waals surface area contributed by atoms with E-state index in [0.717, 1.165) is 17.6 Å². The maximum atomic E-state index is 14.8. The first-order chi connectivity index (χ1) is 17.4. The fourth-order valence-electron chi connectivity index (χ4n) is 8.00. The van der Waals surface area contributed by atoms with E-state index in [9.17, 15) is 27.1 Å². The monoisotopic (exact) mass is 526 g/mol. The molecular weight excluding hydrogens is 494 g/mol. The Labute approximate surface area is 217 Å². The average molecular weight is 527 g/mol. The molecule has 1 N–H and O–H groups in total. The molecule has 0 radical (unpaired) electrons. The van der Waals surface area contributed by atoms with E-state index in [1.165, 1.54) is 11.1 Å². The molecule has 0 saturated heterocycles. The Bertz CT molecular complexity index is 1390. The Kier molecular flexibility index (Phi) is 5.47. The highest BCUT2D eigenvalue weighted by Crippen LogP contribution is 2.66. The van der Waals surface area contributed by atoms with E-state index in [1.807, 2.05) is 0 Å². The SMILES string of the molecule is C#CC(F)(F)[C@]1(O)CC[C@H]2[C@@H]3CCC4=C(c5ccc(S(=O)(=O)C6CC6)cc5)C(=O)CCC4=C3CC[C@@]21C. The smallest absolute Gasteiger partial charge is 0.336 e. The van der Waals surface area contributed by atoms with Gasteiger partial charge in [0.15, 0.2) is 15.6 Å². The second-order valence-corrected chi connectivity index (χ2v) is 14.1. The highest BCUT2D eigenvalue weighted by atomic mass is 32.2. The molecule has 5 aliphatic rings. The first kappa shape index (κ1) is 25.0. The van der Waals surface area contributed by atoms with Crippen LogP contribution in [0, 0.1) is 29.6 Å². The normalized spacial score (nSPS) is 34.1. The third kappa shape index (κ3) is 3.41. The van der Waals surface area contributed by atoms with Gasteiger partial charge in [-0.3, -0.25) is 4.79 Å². The molecule has 0 bridgehead atoms. The number of carbonyl (C=O) groups excluding carboxylic acids is 1. The molecule has 196 valence electrons. The summed E-state index contributed by atoms with van der Waals surface area (Å²) in [5, 5.41) is 11.0. The van der Waals surface area contributed by atoms with E-state index < -0.39 is 26.8 Å². The second kappa shape index (κ2) is 8.10. The number of hydrogen-bond donors (Lipinski definition) is 1. The van der Waals surface area contributed by atoms with Crippen LogP contribution in [-0.4, -0.2) is 36.1 Å². The minimum absolute atomic E-state index is 0.00692. The van der Waals surface area contributed by atoms with Gasteiger partial charge >= 0.3 is 5.92 Å². The molecule has 1 aromatic rings. The van der Waals surface area contributed by atoms with Gasteiger partial charge in [0, 0.05) is 17.4 Å². The van der Waals surface area contributed by atoms with E-state index in [1.54, 1.807) is 37.1 Å². The van der Waals surface area contributed by atoms with E-state index in [-0.39, 0.29) is 29.3 Å². The molecule has 1 aromatic carbocycles. The van der Waals surface area contributed by atoms with Crippen molar-refractivity contribution < 1.29 is 27.1 Å². The summed E-state index contributed by atoms with van der Waals surface area (Å²) in [6.07, 6.45) is 10.6. The van der Waals surface area contributed by atoms with Crippen LogP contribution >= 0.6 is 0 Å². The topological polar surface area (TPSA) is 71.4 Å². The van der Waals surface area contributed by atoms with Crippen LogP contribution in [0.25, 0.3) is 5.57 Å². The maximum absolute atomic E-state index is 14.8. The van der Waals surface area contributed by atoms with Gasteiger partial charge in [-0.1, -0.05) is 24.6 Å². The van der Waals surface area contributed by atoms with Crippen LogP contribution < -0.4 is 0 Å². The van der Waals surface area contributed by atoms with Gasteiger partial charge in [0.05, 0.1) is 10.1 Å². The quantitative estimate of drug-likeness (QED) is 0.515. The zero-order valence-corrected chi connectivity index (χ0v) is 21.8. The highest BCUT2D eigenvalue weighted by molar-refractivity contribution is 7.92. The van der Waals surface area contributed by atoms with Gasteiger partial charge in [-0.2, -0.15) is 8.78 Å². The van der Waals surface area contributed by atoms with Crippen LogP contribution in [0.4, 0.5) is 8.78 Å². The summed E-state index contributed by atoms with van der Waals surface area (Å²) in [4.78, 5) is 13.4. The third-order valence-corrected chi connectivity index (χ3v) is 12.5. The summed E-state index contributed by atoms with van der Waals surface area (Å²) in [6, 6.07) is 6.75. The fraction of sp³-hybridized carbons (Fsp3) is 0.567. The lowest BCUT2D eigenvalue weighted by Gasteiger charge is -2.52. The summed E-state index contributed by atoms with van der Waals surface area (Å²) in [7, 11) is -3.30. The van der Waals surface area contributed by atoms with E-state index in [0.29, 0.717) is 61.8 Å². The summed E-state index contributed by atoms with van der Waals surface area (Å²) in [6.45, 7) is 1.79. The van der Waals surface area contributed by atoms with Crippen molar-refractivity contribution in [3.8, 4) is 12.3 Å². The Morgan fingerprint density at radius 3 is 2.35 bits per heavy atom. The summed E-state index contributed by atoms with van der Waals surface area (Å²) in [5.74, 6) is -1.92. The van der Waals surface area contributed by atoms with Gasteiger partial charge in [0.25, 0.3) is 0 Å². The van der Waals surface area contributed by atoms with Gasteiger partial charge < -0.3 is 5.11 Å². The van der Waals surface area contributed by atoms with Crippen molar-refractivity contribution in [2.75, 3.05) is 0 Å². The molecule has 0 spiro atoms. The fourth-order valence-corrected chi connectivity index (χ4v) is 9.66. The summed E-state index contributed by atoms with van der Waals surface area (Å²) < 4.78 is 54.8. The number of allylic oxidation sites excluding steroid dienone is 4. The van der Waals surface area contributed by atoms with Gasteiger partial charge in [-0.25, -0.2) is 8.42 Å². The number of benzene rings is 1. The van der Waals surface area contributed by atoms with E-state index in [4.69, 9.17) is 6.42 Å². The number of rotatable bonds is 4. The lowest BCUT2D eigenvalue weighted by molar-refractivity contribution is -0.207. The average Bonchev–Trinajstić information content (AvgIpc) is 3.70. The number of terminal acetylenes is 1. The molecule has 7 heteroatoms. The van der Waals surface area contributed by atoms with Crippen LogP contribution in [0.15, 0.2) is 45.9 Å². The van der Waals surface area contributed by atoms with Crippen molar-refractivity contribution in [3.05, 3.63) is 46.5 Å². The van der Waals surface area contributed by atoms with Crippen molar-refractivity contribution in [2.45, 2.75) is 92.8 Å². The molecule has 4 nitrogen and oxygen atoms in total. The minimum atomic E-state index is -3.58. The van der Waals surface area contributed by atoms with Gasteiger partial charge in [-0.05, 0) is 104 Å². The molecule has 0 unspecified atom stereocenters. The number of halogens is 2. The highest BCUT2D eigenvalue weighted by Gasteiger charge is 2.69. The molecule has 3 fully saturated rings. The molecular formula is C30H32F2O4S. The number of Topliss-reactive ketones (excluding diaryl/α,β-unsaturated/α-hetero) is 1. The molecule has 0 aromatic heterocycles. The lowest BCUT2D eigenvalue weighted by Crippen LogP contribution is -2.59. The number of fused-ring (bicyclic) bond motifs is 4. The zero-order chi connectivity index (χ0) is 26.4. The molecule has 37 heavy (non-hydrogen) atoms. The van der Waals surface area contributed by atoms with Gasteiger partial charge in [-0.15, -0.1) is 6.42 Å². The van der Waals surface area contributed by atoms with Crippen LogP contribution in [0.2, 0.25) is 0 Å². The van der Waals surface area contributed by atoms with Crippen molar-refractivity contribution in [2.24, 2.45) is 17.3 Å². The van der Waals surface area contributed by atoms with Crippen molar-refractivity contribution in [1.29, 1.82) is 0 Å². The Morgan fingerprint density at radius 1 is 1.00 bits per heavy atom. The summed E-state index contributed by atoms with van der Waals surface area (Å²) >= 11 is 0. The van der Waals surface area contributed by atoms with E-state index >= 15 is 0 Å². The summed E-state index contributed by atoms with van der Waals surface area (Å²) in [5.41, 5.74) is 1.73. The number of ketones is 1. The zero-order valence-electron chi connectivity index (χ0n) is 21.0.